The Morgan fingerprint density at radius 1 is 1.27 bits per heavy atom. The van der Waals surface area contributed by atoms with E-state index in [4.69, 9.17) is 11.6 Å². The molecule has 4 rings (SSSR count). The van der Waals surface area contributed by atoms with Crippen molar-refractivity contribution in [1.82, 2.24) is 20.0 Å². The Balaban J connectivity index is 2.06. The van der Waals surface area contributed by atoms with Crippen LogP contribution in [0.5, 0.6) is 0 Å². The lowest BCUT2D eigenvalue weighted by Crippen LogP contribution is -2.21. The zero-order chi connectivity index (χ0) is 15.3. The summed E-state index contributed by atoms with van der Waals surface area (Å²) in [5.41, 5.74) is 0.918. The lowest BCUT2D eigenvalue weighted by Gasteiger charge is -2.03. The molecular formula is C14H6BrClN4OS. The quantitative estimate of drug-likeness (QED) is 0.493. The minimum atomic E-state index is -0.230. The van der Waals surface area contributed by atoms with E-state index in [9.17, 15) is 4.79 Å². The van der Waals surface area contributed by atoms with Crippen molar-refractivity contribution in [2.24, 2.45) is 0 Å². The van der Waals surface area contributed by atoms with Gasteiger partial charge in [-0.15, -0.1) is 16.4 Å². The van der Waals surface area contributed by atoms with E-state index in [0.29, 0.717) is 20.9 Å². The van der Waals surface area contributed by atoms with E-state index in [1.165, 1.54) is 16.0 Å². The maximum atomic E-state index is 12.7. The number of halogens is 2. The molecule has 0 aliphatic heterocycles. The van der Waals surface area contributed by atoms with Crippen LogP contribution in [-0.2, 0) is 0 Å². The average molecular weight is 394 g/mol. The van der Waals surface area contributed by atoms with Gasteiger partial charge in [0.15, 0.2) is 0 Å². The molecule has 5 nitrogen and oxygen atoms in total. The summed E-state index contributed by atoms with van der Waals surface area (Å²) >= 11 is 10.7. The van der Waals surface area contributed by atoms with Crippen molar-refractivity contribution in [3.05, 3.63) is 56.4 Å². The highest BCUT2D eigenvalue weighted by Gasteiger charge is 2.14. The lowest BCUT2D eigenvalue weighted by molar-refractivity contribution is 0.740. The van der Waals surface area contributed by atoms with Crippen molar-refractivity contribution >= 4 is 59.3 Å². The molecule has 0 saturated carbocycles. The van der Waals surface area contributed by atoms with E-state index in [-0.39, 0.29) is 5.56 Å². The number of aromatic nitrogens is 4. The van der Waals surface area contributed by atoms with E-state index in [2.05, 4.69) is 31.2 Å². The molecule has 0 unspecified atom stereocenters. The molecule has 108 valence electrons. The summed E-state index contributed by atoms with van der Waals surface area (Å²) in [6, 6.07) is 8.82. The maximum Gasteiger partial charge on any atom is 0.292 e. The number of hydrogen-bond donors (Lipinski definition) is 0. The van der Waals surface area contributed by atoms with Gasteiger partial charge in [-0.05, 0) is 40.2 Å². The molecular weight excluding hydrogens is 388 g/mol. The Labute approximate surface area is 141 Å². The third kappa shape index (κ3) is 2.13. The molecule has 0 amide bonds. The molecule has 0 bridgehead atoms. The third-order valence-electron chi connectivity index (χ3n) is 3.16. The van der Waals surface area contributed by atoms with Crippen LogP contribution in [0.1, 0.15) is 0 Å². The van der Waals surface area contributed by atoms with E-state index >= 15 is 0 Å². The second kappa shape index (κ2) is 5.12. The van der Waals surface area contributed by atoms with Crippen molar-refractivity contribution in [3.63, 3.8) is 0 Å². The molecule has 3 aromatic heterocycles. The summed E-state index contributed by atoms with van der Waals surface area (Å²) < 4.78 is 2.61. The first-order valence-corrected chi connectivity index (χ1v) is 8.22. The SMILES string of the molecule is O=c1c2sc3ncc(Br)cc3c2nnn1-c1cccc(Cl)c1. The van der Waals surface area contributed by atoms with Crippen LogP contribution >= 0.6 is 38.9 Å². The van der Waals surface area contributed by atoms with Gasteiger partial charge in [0.2, 0.25) is 0 Å². The molecule has 0 spiro atoms. The van der Waals surface area contributed by atoms with Gasteiger partial charge in [-0.3, -0.25) is 4.79 Å². The van der Waals surface area contributed by atoms with Crippen molar-refractivity contribution in [2.75, 3.05) is 0 Å². The number of hydrogen-bond acceptors (Lipinski definition) is 5. The fraction of sp³-hybridized carbons (Fsp3) is 0. The van der Waals surface area contributed by atoms with Crippen LogP contribution in [0.2, 0.25) is 5.02 Å². The standard InChI is InChI=1S/C14H6BrClN4OS/c15-7-4-10-11-12(22-13(10)17-6-7)14(21)20(19-18-11)9-3-1-2-8(16)5-9/h1-6H. The average Bonchev–Trinajstić information content (AvgIpc) is 2.87. The number of fused-ring (bicyclic) bond motifs is 3. The lowest BCUT2D eigenvalue weighted by atomic mass is 10.3. The van der Waals surface area contributed by atoms with Gasteiger partial charge < -0.3 is 0 Å². The summed E-state index contributed by atoms with van der Waals surface area (Å²) in [4.78, 5) is 17.8. The predicted molar refractivity (Wildman–Crippen MR) is 91.0 cm³/mol. The Morgan fingerprint density at radius 2 is 2.14 bits per heavy atom. The summed E-state index contributed by atoms with van der Waals surface area (Å²) in [5, 5.41) is 9.58. The highest BCUT2D eigenvalue weighted by atomic mass is 79.9. The van der Waals surface area contributed by atoms with Gasteiger partial charge in [0, 0.05) is 21.1 Å². The molecule has 0 aliphatic carbocycles. The number of thiophene rings is 1. The Hall–Kier alpha value is -1.83. The summed E-state index contributed by atoms with van der Waals surface area (Å²) in [6.07, 6.45) is 1.70. The van der Waals surface area contributed by atoms with E-state index < -0.39 is 0 Å². The van der Waals surface area contributed by atoms with Gasteiger partial charge in [0.05, 0.1) is 5.69 Å². The molecule has 0 fully saturated rings. The minimum Gasteiger partial charge on any atom is -0.266 e. The minimum absolute atomic E-state index is 0.230. The van der Waals surface area contributed by atoms with Gasteiger partial charge >= 0.3 is 0 Å². The number of rotatable bonds is 1. The monoisotopic (exact) mass is 392 g/mol. The first-order valence-electron chi connectivity index (χ1n) is 6.23. The fourth-order valence-electron chi connectivity index (χ4n) is 2.19. The first-order chi connectivity index (χ1) is 10.6. The number of benzene rings is 1. The molecule has 22 heavy (non-hydrogen) atoms. The molecule has 1 aromatic carbocycles. The fourth-order valence-corrected chi connectivity index (χ4v) is 3.69. The van der Waals surface area contributed by atoms with Gasteiger partial charge in [0.25, 0.3) is 5.56 Å². The largest absolute Gasteiger partial charge is 0.292 e. The van der Waals surface area contributed by atoms with Crippen LogP contribution in [0.25, 0.3) is 26.1 Å². The van der Waals surface area contributed by atoms with Crippen LogP contribution in [0.15, 0.2) is 45.8 Å². The van der Waals surface area contributed by atoms with Gasteiger partial charge in [0.1, 0.15) is 15.0 Å². The zero-order valence-corrected chi connectivity index (χ0v) is 14.0. The van der Waals surface area contributed by atoms with Crippen molar-refractivity contribution < 1.29 is 0 Å². The van der Waals surface area contributed by atoms with Gasteiger partial charge in [-0.25, -0.2) is 4.98 Å². The Morgan fingerprint density at radius 3 is 2.95 bits per heavy atom. The Bertz CT molecular complexity index is 1090. The first kappa shape index (κ1) is 13.8. The van der Waals surface area contributed by atoms with E-state index in [1.807, 2.05) is 6.07 Å². The third-order valence-corrected chi connectivity index (χ3v) is 4.92. The van der Waals surface area contributed by atoms with Crippen LogP contribution in [0.3, 0.4) is 0 Å². The Kier molecular flexibility index (Phi) is 3.21. The van der Waals surface area contributed by atoms with Crippen LogP contribution in [-0.4, -0.2) is 20.0 Å². The smallest absolute Gasteiger partial charge is 0.266 e. The molecule has 4 aromatic rings. The molecule has 8 heteroatoms. The van der Waals surface area contributed by atoms with Crippen molar-refractivity contribution in [3.8, 4) is 5.69 Å². The topological polar surface area (TPSA) is 60.7 Å². The van der Waals surface area contributed by atoms with Crippen LogP contribution in [0.4, 0.5) is 0 Å². The molecule has 0 saturated heterocycles. The maximum absolute atomic E-state index is 12.7. The normalized spacial score (nSPS) is 11.4. The summed E-state index contributed by atoms with van der Waals surface area (Å²) in [5.74, 6) is 0. The van der Waals surface area contributed by atoms with Gasteiger partial charge in [-0.2, -0.15) is 4.68 Å². The molecule has 0 atom stereocenters. The van der Waals surface area contributed by atoms with E-state index in [1.54, 1.807) is 30.5 Å². The second-order valence-corrected chi connectivity index (χ2v) is 6.92. The summed E-state index contributed by atoms with van der Waals surface area (Å²) in [7, 11) is 0. The highest BCUT2D eigenvalue weighted by Crippen LogP contribution is 2.30. The number of pyridine rings is 1. The van der Waals surface area contributed by atoms with Crippen LogP contribution in [0, 0.1) is 0 Å². The molecule has 0 aliphatic rings. The number of nitrogens with zero attached hydrogens (tertiary/aromatic N) is 4. The second-order valence-electron chi connectivity index (χ2n) is 4.57. The predicted octanol–water partition coefficient (Wildman–Crippen LogP) is 3.81. The molecule has 0 radical (unpaired) electrons. The molecule has 3 heterocycles. The van der Waals surface area contributed by atoms with Crippen molar-refractivity contribution in [2.45, 2.75) is 0 Å². The zero-order valence-electron chi connectivity index (χ0n) is 10.8. The molecule has 0 N–H and O–H groups in total. The summed E-state index contributed by atoms with van der Waals surface area (Å²) in [6.45, 7) is 0. The van der Waals surface area contributed by atoms with E-state index in [0.717, 1.165) is 14.7 Å². The van der Waals surface area contributed by atoms with Crippen molar-refractivity contribution in [1.29, 1.82) is 0 Å². The van der Waals surface area contributed by atoms with Gasteiger partial charge in [-0.1, -0.05) is 22.9 Å². The highest BCUT2D eigenvalue weighted by molar-refractivity contribution is 9.10. The van der Waals surface area contributed by atoms with Crippen LogP contribution < -0.4 is 5.56 Å².